The van der Waals surface area contributed by atoms with Gasteiger partial charge >= 0.3 is 0 Å². The Hall–Kier alpha value is -3.17. The average molecular weight is 439 g/mol. The second-order valence-electron chi connectivity index (χ2n) is 9.10. The molecule has 1 aliphatic heterocycles. The highest BCUT2D eigenvalue weighted by molar-refractivity contribution is 5.88. The van der Waals surface area contributed by atoms with Gasteiger partial charge in [0, 0.05) is 31.0 Å². The number of nitrogens with zero attached hydrogens (tertiary/aromatic N) is 2. The first kappa shape index (κ1) is 23.0. The molecule has 1 fully saturated rings. The van der Waals surface area contributed by atoms with Gasteiger partial charge in [0.1, 0.15) is 6.61 Å². The van der Waals surface area contributed by atoms with Crippen LogP contribution in [0.3, 0.4) is 0 Å². The van der Waals surface area contributed by atoms with Crippen molar-refractivity contribution in [2.45, 2.75) is 45.9 Å². The van der Waals surface area contributed by atoms with Gasteiger partial charge in [-0.3, -0.25) is 4.90 Å². The third kappa shape index (κ3) is 5.43. The molecule has 4 rings (SSSR count). The molecule has 170 valence electrons. The minimum absolute atomic E-state index is 0.197. The Morgan fingerprint density at radius 3 is 2.12 bits per heavy atom. The third-order valence-electron chi connectivity index (χ3n) is 6.64. The van der Waals surface area contributed by atoms with E-state index >= 15 is 0 Å². The molecule has 0 aliphatic carbocycles. The molecule has 0 saturated carbocycles. The quantitative estimate of drug-likeness (QED) is 0.288. The number of piperidine rings is 1. The van der Waals surface area contributed by atoms with Gasteiger partial charge in [0.25, 0.3) is 0 Å². The average Bonchev–Trinajstić information content (AvgIpc) is 2.83. The normalized spacial score (nSPS) is 22.3. The highest BCUT2D eigenvalue weighted by Gasteiger charge is 2.40. The van der Waals surface area contributed by atoms with Crippen LogP contribution in [0.15, 0.2) is 96.7 Å². The lowest BCUT2D eigenvalue weighted by atomic mass is 9.79. The van der Waals surface area contributed by atoms with Crippen LogP contribution < -0.4 is 0 Å². The van der Waals surface area contributed by atoms with Crippen molar-refractivity contribution in [2.75, 3.05) is 6.54 Å². The van der Waals surface area contributed by atoms with Crippen molar-refractivity contribution in [3.63, 3.8) is 0 Å². The van der Waals surface area contributed by atoms with Crippen LogP contribution in [0.5, 0.6) is 0 Å². The van der Waals surface area contributed by atoms with Crippen LogP contribution in [0.25, 0.3) is 0 Å². The summed E-state index contributed by atoms with van der Waals surface area (Å²) in [5, 5.41) is 4.70. The summed E-state index contributed by atoms with van der Waals surface area (Å²) in [6, 6.07) is 28.4. The molecule has 0 N–H and O–H groups in total. The Kier molecular flexibility index (Phi) is 7.41. The molecule has 3 aromatic rings. The van der Waals surface area contributed by atoms with E-state index in [1.165, 1.54) is 22.3 Å². The van der Waals surface area contributed by atoms with E-state index in [-0.39, 0.29) is 18.0 Å². The van der Waals surface area contributed by atoms with Crippen molar-refractivity contribution in [3.8, 4) is 0 Å². The first-order valence-corrected chi connectivity index (χ1v) is 11.8. The van der Waals surface area contributed by atoms with Crippen molar-refractivity contribution in [3.05, 3.63) is 119 Å². The summed E-state index contributed by atoms with van der Waals surface area (Å²) in [5.41, 5.74) is 7.40. The van der Waals surface area contributed by atoms with Gasteiger partial charge < -0.3 is 4.84 Å². The maximum absolute atomic E-state index is 5.88. The molecule has 3 heteroatoms. The van der Waals surface area contributed by atoms with Crippen molar-refractivity contribution >= 4 is 5.71 Å². The smallest absolute Gasteiger partial charge is 0.142 e. The molecule has 1 heterocycles. The molecular weight excluding hydrogens is 404 g/mol. The predicted molar refractivity (Wildman–Crippen MR) is 137 cm³/mol. The molecule has 1 saturated heterocycles. The summed E-state index contributed by atoms with van der Waals surface area (Å²) >= 11 is 0. The molecule has 33 heavy (non-hydrogen) atoms. The van der Waals surface area contributed by atoms with E-state index in [9.17, 15) is 0 Å². The van der Waals surface area contributed by atoms with Crippen LogP contribution in [-0.2, 0) is 11.4 Å². The van der Waals surface area contributed by atoms with Crippen molar-refractivity contribution < 1.29 is 4.84 Å². The number of oxime groups is 1. The lowest BCUT2D eigenvalue weighted by molar-refractivity contribution is 0.0941. The second kappa shape index (κ2) is 10.6. The summed E-state index contributed by atoms with van der Waals surface area (Å²) in [7, 11) is 0. The molecule has 0 spiro atoms. The van der Waals surface area contributed by atoms with E-state index in [1.807, 2.05) is 24.3 Å². The molecule has 0 aromatic heterocycles. The SMILES string of the molecule is C=CCN1C(c2ccc(C)cc2)C/C(=N\OCc2ccccc2)C(C)C1c1ccc(C)cc1. The molecule has 0 amide bonds. The van der Waals surface area contributed by atoms with Crippen LogP contribution >= 0.6 is 0 Å². The Morgan fingerprint density at radius 1 is 0.909 bits per heavy atom. The summed E-state index contributed by atoms with van der Waals surface area (Å²) < 4.78 is 0. The van der Waals surface area contributed by atoms with E-state index in [0.29, 0.717) is 6.61 Å². The van der Waals surface area contributed by atoms with Gasteiger partial charge in [-0.15, -0.1) is 6.58 Å². The van der Waals surface area contributed by atoms with E-state index in [1.54, 1.807) is 0 Å². The van der Waals surface area contributed by atoms with E-state index in [0.717, 1.165) is 24.2 Å². The highest BCUT2D eigenvalue weighted by Crippen LogP contribution is 2.43. The molecular formula is C30H34N2O. The van der Waals surface area contributed by atoms with Gasteiger partial charge in [-0.2, -0.15) is 0 Å². The second-order valence-corrected chi connectivity index (χ2v) is 9.10. The minimum Gasteiger partial charge on any atom is -0.391 e. The summed E-state index contributed by atoms with van der Waals surface area (Å²) in [6.45, 7) is 11.9. The monoisotopic (exact) mass is 438 g/mol. The fourth-order valence-electron chi connectivity index (χ4n) is 4.78. The standard InChI is InChI=1S/C30H34N2O/c1-5-19-32-29(26-15-11-22(2)12-16-26)20-28(31-33-21-25-9-7-6-8-10-25)24(4)30(32)27-17-13-23(3)14-18-27/h5-18,24,29-30H,1,19-21H2,2-4H3/b31-28+. The van der Waals surface area contributed by atoms with Crippen molar-refractivity contribution in [2.24, 2.45) is 11.1 Å². The van der Waals surface area contributed by atoms with Crippen molar-refractivity contribution in [1.82, 2.24) is 4.90 Å². The van der Waals surface area contributed by atoms with Crippen LogP contribution in [0.4, 0.5) is 0 Å². The first-order valence-electron chi connectivity index (χ1n) is 11.8. The maximum atomic E-state index is 5.88. The maximum Gasteiger partial charge on any atom is 0.142 e. The van der Waals surface area contributed by atoms with Gasteiger partial charge in [0.15, 0.2) is 0 Å². The fraction of sp³-hybridized carbons (Fsp3) is 0.300. The van der Waals surface area contributed by atoms with Crippen LogP contribution in [0.2, 0.25) is 0 Å². The van der Waals surface area contributed by atoms with Crippen molar-refractivity contribution in [1.29, 1.82) is 0 Å². The molecule has 0 bridgehead atoms. The number of rotatable bonds is 7. The molecule has 3 nitrogen and oxygen atoms in total. The Balaban J connectivity index is 1.69. The summed E-state index contributed by atoms with van der Waals surface area (Å²) in [6.07, 6.45) is 2.86. The number of hydrogen-bond donors (Lipinski definition) is 0. The molecule has 3 atom stereocenters. The van der Waals surface area contributed by atoms with Gasteiger partial charge in [0.2, 0.25) is 0 Å². The molecule has 3 unspecified atom stereocenters. The topological polar surface area (TPSA) is 24.8 Å². The van der Waals surface area contributed by atoms with Crippen LogP contribution in [0, 0.1) is 19.8 Å². The molecule has 0 radical (unpaired) electrons. The number of hydrogen-bond acceptors (Lipinski definition) is 3. The van der Waals surface area contributed by atoms with E-state index in [4.69, 9.17) is 9.99 Å². The van der Waals surface area contributed by atoms with Gasteiger partial charge in [-0.25, -0.2) is 0 Å². The number of benzene rings is 3. The van der Waals surface area contributed by atoms with E-state index < -0.39 is 0 Å². The zero-order valence-electron chi connectivity index (χ0n) is 19.9. The zero-order chi connectivity index (χ0) is 23.2. The predicted octanol–water partition coefficient (Wildman–Crippen LogP) is 7.19. The van der Waals surface area contributed by atoms with Gasteiger partial charge in [-0.05, 0) is 30.5 Å². The Morgan fingerprint density at radius 2 is 1.52 bits per heavy atom. The summed E-state index contributed by atoms with van der Waals surface area (Å²) in [5.74, 6) is 0.227. The van der Waals surface area contributed by atoms with Crippen LogP contribution in [0.1, 0.15) is 53.2 Å². The van der Waals surface area contributed by atoms with E-state index in [2.05, 4.69) is 92.9 Å². The minimum atomic E-state index is 0.197. The lowest BCUT2D eigenvalue weighted by Crippen LogP contribution is -2.45. The number of likely N-dealkylation sites (tertiary alicyclic amines) is 1. The van der Waals surface area contributed by atoms with Gasteiger partial charge in [-0.1, -0.05) is 108 Å². The fourth-order valence-corrected chi connectivity index (χ4v) is 4.78. The zero-order valence-corrected chi connectivity index (χ0v) is 19.9. The largest absolute Gasteiger partial charge is 0.391 e. The lowest BCUT2D eigenvalue weighted by Gasteiger charge is -2.46. The van der Waals surface area contributed by atoms with Gasteiger partial charge in [0.05, 0.1) is 5.71 Å². The highest BCUT2D eigenvalue weighted by atomic mass is 16.6. The third-order valence-corrected chi connectivity index (χ3v) is 6.64. The Labute approximate surface area is 198 Å². The first-order chi connectivity index (χ1) is 16.1. The summed E-state index contributed by atoms with van der Waals surface area (Å²) in [4.78, 5) is 8.45. The number of aryl methyl sites for hydroxylation is 2. The Bertz CT molecular complexity index is 1070. The van der Waals surface area contributed by atoms with Crippen LogP contribution in [-0.4, -0.2) is 17.2 Å². The molecule has 3 aromatic carbocycles. The molecule has 1 aliphatic rings.